The van der Waals surface area contributed by atoms with E-state index in [1.807, 2.05) is 18.2 Å². The summed E-state index contributed by atoms with van der Waals surface area (Å²) < 4.78 is 11.8. The molecule has 2 aromatic rings. The minimum atomic E-state index is -1.14. The third-order valence-corrected chi connectivity index (χ3v) is 5.40. The van der Waals surface area contributed by atoms with E-state index in [1.54, 1.807) is 39.8 Å². The van der Waals surface area contributed by atoms with Crippen LogP contribution in [-0.4, -0.2) is 45.2 Å². The van der Waals surface area contributed by atoms with Crippen molar-refractivity contribution in [1.82, 2.24) is 9.88 Å². The van der Waals surface area contributed by atoms with Gasteiger partial charge < -0.3 is 19.9 Å². The molecule has 1 aromatic heterocycles. The lowest BCUT2D eigenvalue weighted by Crippen LogP contribution is -2.55. The summed E-state index contributed by atoms with van der Waals surface area (Å²) in [4.78, 5) is 30.1. The average Bonchev–Trinajstić information content (AvgIpc) is 3.02. The number of nitrogens with zero attached hydrogens (tertiary/aromatic N) is 2. The van der Waals surface area contributed by atoms with E-state index in [-0.39, 0.29) is 5.41 Å². The van der Waals surface area contributed by atoms with Crippen molar-refractivity contribution in [3.63, 3.8) is 0 Å². The number of carbonyl (C=O) groups excluding carboxylic acids is 1. The van der Waals surface area contributed by atoms with Crippen LogP contribution in [0, 0.1) is 0 Å². The number of benzene rings is 1. The van der Waals surface area contributed by atoms with Crippen molar-refractivity contribution in [2.75, 3.05) is 11.9 Å². The summed E-state index contributed by atoms with van der Waals surface area (Å²) in [6, 6.07) is 8.20. The van der Waals surface area contributed by atoms with E-state index in [2.05, 4.69) is 24.1 Å². The molecule has 0 spiro atoms. The normalized spacial score (nSPS) is 15.3. The highest BCUT2D eigenvalue weighted by Crippen LogP contribution is 2.45. The molecule has 0 bridgehead atoms. The number of amides is 2. The summed E-state index contributed by atoms with van der Waals surface area (Å²) in [7, 11) is 0. The fourth-order valence-corrected chi connectivity index (χ4v) is 3.94. The van der Waals surface area contributed by atoms with Crippen LogP contribution >= 0.6 is 0 Å². The third-order valence-electron chi connectivity index (χ3n) is 5.40. The molecule has 32 heavy (non-hydrogen) atoms. The molecule has 1 atom stereocenters. The number of anilines is 1. The van der Waals surface area contributed by atoms with Crippen molar-refractivity contribution in [2.24, 2.45) is 0 Å². The minimum Gasteiger partial charge on any atom is -0.492 e. The standard InChI is InChI=1S/C24H31N3O5/c1-7-16(27(22(29)30)23(2,3)4)21(28)26-15-11-12-19(25-13-15)32-18-10-8-9-17-20(18)24(5,6)14-31-17/h8-13,16H,7,14H2,1-6H3,(H,26,28)(H,29,30)/t16-/m1/s1. The molecule has 0 aliphatic carbocycles. The number of carbonyl (C=O) groups is 2. The van der Waals surface area contributed by atoms with Gasteiger partial charge in [-0.05, 0) is 45.4 Å². The largest absolute Gasteiger partial charge is 0.492 e. The molecule has 0 saturated heterocycles. The van der Waals surface area contributed by atoms with Gasteiger partial charge in [0.15, 0.2) is 0 Å². The number of nitrogens with one attached hydrogen (secondary N) is 1. The average molecular weight is 442 g/mol. The molecule has 0 unspecified atom stereocenters. The first-order chi connectivity index (χ1) is 14.9. The predicted octanol–water partition coefficient (Wildman–Crippen LogP) is 5.04. The Bertz CT molecular complexity index is 996. The summed E-state index contributed by atoms with van der Waals surface area (Å²) in [5.74, 6) is 1.47. The second kappa shape index (κ2) is 8.68. The van der Waals surface area contributed by atoms with Crippen molar-refractivity contribution in [2.45, 2.75) is 65.0 Å². The van der Waals surface area contributed by atoms with Crippen molar-refractivity contribution >= 4 is 17.7 Å². The first-order valence-corrected chi connectivity index (χ1v) is 10.7. The lowest BCUT2D eigenvalue weighted by molar-refractivity contribution is -0.122. The van der Waals surface area contributed by atoms with E-state index >= 15 is 0 Å². The van der Waals surface area contributed by atoms with Gasteiger partial charge in [-0.3, -0.25) is 9.69 Å². The second-order valence-corrected chi connectivity index (χ2v) is 9.53. The van der Waals surface area contributed by atoms with Crippen LogP contribution in [0.1, 0.15) is 53.5 Å². The Morgan fingerprint density at radius 3 is 2.56 bits per heavy atom. The Morgan fingerprint density at radius 1 is 1.28 bits per heavy atom. The van der Waals surface area contributed by atoms with Crippen LogP contribution in [0.3, 0.4) is 0 Å². The summed E-state index contributed by atoms with van der Waals surface area (Å²) in [5.41, 5.74) is 0.577. The molecular weight excluding hydrogens is 410 g/mol. The zero-order valence-electron chi connectivity index (χ0n) is 19.4. The highest BCUT2D eigenvalue weighted by atomic mass is 16.5. The SMILES string of the molecule is CC[C@H](C(=O)Nc1ccc(Oc2cccc3c2C(C)(C)CO3)nc1)N(C(=O)O)C(C)(C)C. The van der Waals surface area contributed by atoms with Crippen molar-refractivity contribution in [3.05, 3.63) is 42.1 Å². The number of fused-ring (bicyclic) bond motifs is 1. The monoisotopic (exact) mass is 441 g/mol. The zero-order valence-corrected chi connectivity index (χ0v) is 19.4. The van der Waals surface area contributed by atoms with Gasteiger partial charge in [0, 0.05) is 22.6 Å². The maximum atomic E-state index is 12.8. The molecule has 2 N–H and O–H groups in total. The van der Waals surface area contributed by atoms with Crippen LogP contribution in [0.4, 0.5) is 10.5 Å². The number of ether oxygens (including phenoxy) is 2. The molecular formula is C24H31N3O5. The van der Waals surface area contributed by atoms with Crippen molar-refractivity contribution in [3.8, 4) is 17.4 Å². The van der Waals surface area contributed by atoms with E-state index in [9.17, 15) is 14.7 Å². The number of hydrogen-bond acceptors (Lipinski definition) is 5. The van der Waals surface area contributed by atoms with Crippen LogP contribution in [-0.2, 0) is 10.2 Å². The lowest BCUT2D eigenvalue weighted by atomic mass is 9.86. The quantitative estimate of drug-likeness (QED) is 0.651. The molecule has 0 radical (unpaired) electrons. The molecule has 2 amide bonds. The maximum absolute atomic E-state index is 12.8. The van der Waals surface area contributed by atoms with E-state index in [1.165, 1.54) is 11.1 Å². The van der Waals surface area contributed by atoms with Gasteiger partial charge in [-0.1, -0.05) is 26.8 Å². The molecule has 0 fully saturated rings. The zero-order chi connectivity index (χ0) is 23.7. The van der Waals surface area contributed by atoms with Gasteiger partial charge in [0.2, 0.25) is 11.8 Å². The van der Waals surface area contributed by atoms with Gasteiger partial charge in [-0.2, -0.15) is 0 Å². The Labute approximate surface area is 188 Å². The van der Waals surface area contributed by atoms with E-state index in [0.717, 1.165) is 11.3 Å². The molecule has 172 valence electrons. The highest BCUT2D eigenvalue weighted by Gasteiger charge is 2.37. The van der Waals surface area contributed by atoms with Crippen LogP contribution < -0.4 is 14.8 Å². The number of rotatable bonds is 6. The van der Waals surface area contributed by atoms with Crippen molar-refractivity contribution in [1.29, 1.82) is 0 Å². The lowest BCUT2D eigenvalue weighted by Gasteiger charge is -2.38. The summed E-state index contributed by atoms with van der Waals surface area (Å²) in [6.07, 6.45) is 0.706. The van der Waals surface area contributed by atoms with Gasteiger partial charge >= 0.3 is 6.09 Å². The van der Waals surface area contributed by atoms with Crippen LogP contribution in [0.5, 0.6) is 17.4 Å². The highest BCUT2D eigenvalue weighted by molar-refractivity contribution is 5.96. The molecule has 8 nitrogen and oxygen atoms in total. The Hall–Kier alpha value is -3.29. The second-order valence-electron chi connectivity index (χ2n) is 9.53. The number of aromatic nitrogens is 1. The Kier molecular flexibility index (Phi) is 6.34. The topological polar surface area (TPSA) is 101 Å². The van der Waals surface area contributed by atoms with E-state index in [0.29, 0.717) is 30.3 Å². The maximum Gasteiger partial charge on any atom is 0.408 e. The summed E-state index contributed by atoms with van der Waals surface area (Å²) >= 11 is 0. The van der Waals surface area contributed by atoms with Crippen LogP contribution in [0.2, 0.25) is 0 Å². The number of hydrogen-bond donors (Lipinski definition) is 2. The smallest absolute Gasteiger partial charge is 0.408 e. The molecule has 2 heterocycles. The fourth-order valence-electron chi connectivity index (χ4n) is 3.94. The summed E-state index contributed by atoms with van der Waals surface area (Å²) in [5, 5.41) is 12.4. The van der Waals surface area contributed by atoms with Gasteiger partial charge in [0.05, 0.1) is 18.5 Å². The molecule has 1 aromatic carbocycles. The predicted molar refractivity (Wildman–Crippen MR) is 122 cm³/mol. The van der Waals surface area contributed by atoms with E-state index in [4.69, 9.17) is 9.47 Å². The Balaban J connectivity index is 1.74. The van der Waals surface area contributed by atoms with Crippen LogP contribution in [0.15, 0.2) is 36.5 Å². The van der Waals surface area contributed by atoms with Gasteiger partial charge in [-0.25, -0.2) is 9.78 Å². The molecule has 8 heteroatoms. The van der Waals surface area contributed by atoms with Gasteiger partial charge in [0.25, 0.3) is 0 Å². The first-order valence-electron chi connectivity index (χ1n) is 10.7. The Morgan fingerprint density at radius 2 is 2.00 bits per heavy atom. The van der Waals surface area contributed by atoms with Crippen LogP contribution in [0.25, 0.3) is 0 Å². The minimum absolute atomic E-state index is 0.169. The third kappa shape index (κ3) is 4.79. The van der Waals surface area contributed by atoms with Gasteiger partial charge in [0.1, 0.15) is 17.5 Å². The number of carboxylic acid groups (broad SMARTS) is 1. The summed E-state index contributed by atoms with van der Waals surface area (Å²) in [6.45, 7) is 11.8. The molecule has 1 aliphatic heterocycles. The molecule has 3 rings (SSSR count). The molecule has 0 saturated carbocycles. The van der Waals surface area contributed by atoms with Crippen molar-refractivity contribution < 1.29 is 24.2 Å². The number of pyridine rings is 1. The first kappa shape index (κ1) is 23.4. The molecule has 1 aliphatic rings. The fraction of sp³-hybridized carbons (Fsp3) is 0.458. The van der Waals surface area contributed by atoms with E-state index < -0.39 is 23.6 Å². The van der Waals surface area contributed by atoms with Gasteiger partial charge in [-0.15, -0.1) is 0 Å².